The summed E-state index contributed by atoms with van der Waals surface area (Å²) in [7, 11) is 2.28. The fraction of sp³-hybridized carbons (Fsp3) is 1.00. The van der Waals surface area contributed by atoms with E-state index in [0.717, 1.165) is 25.0 Å². The van der Waals surface area contributed by atoms with Gasteiger partial charge in [-0.25, -0.2) is 0 Å². The monoisotopic (exact) mass is 198 g/mol. The second kappa shape index (κ2) is 6.41. The first-order valence-corrected chi connectivity index (χ1v) is 6.15. The van der Waals surface area contributed by atoms with Crippen molar-refractivity contribution in [3.63, 3.8) is 0 Å². The van der Waals surface area contributed by atoms with Crippen LogP contribution in [0.5, 0.6) is 0 Å². The summed E-state index contributed by atoms with van der Waals surface area (Å²) in [6.45, 7) is 7.98. The van der Waals surface area contributed by atoms with E-state index in [-0.39, 0.29) is 0 Å². The van der Waals surface area contributed by atoms with Gasteiger partial charge in [0.1, 0.15) is 0 Å². The van der Waals surface area contributed by atoms with Crippen LogP contribution in [-0.2, 0) is 0 Å². The fourth-order valence-electron chi connectivity index (χ4n) is 2.30. The number of hydrogen-bond donors (Lipinski definition) is 1. The van der Waals surface area contributed by atoms with E-state index >= 15 is 0 Å². The molecule has 0 aromatic heterocycles. The molecular weight excluding hydrogens is 172 g/mol. The maximum Gasteiger partial charge on any atom is 0.0107 e. The Hall–Kier alpha value is -0.0800. The maximum atomic E-state index is 3.39. The van der Waals surface area contributed by atoms with Crippen LogP contribution in [0.1, 0.15) is 39.5 Å². The summed E-state index contributed by atoms with van der Waals surface area (Å²) < 4.78 is 0. The van der Waals surface area contributed by atoms with Crippen molar-refractivity contribution < 1.29 is 0 Å². The van der Waals surface area contributed by atoms with Crippen LogP contribution in [0.2, 0.25) is 0 Å². The van der Waals surface area contributed by atoms with Gasteiger partial charge < -0.3 is 10.2 Å². The molecule has 84 valence electrons. The minimum atomic E-state index is 0.852. The Balaban J connectivity index is 2.13. The molecule has 0 aliphatic heterocycles. The highest BCUT2D eigenvalue weighted by Gasteiger charge is 2.20. The third-order valence-electron chi connectivity index (χ3n) is 3.50. The van der Waals surface area contributed by atoms with Crippen molar-refractivity contribution in [1.29, 1.82) is 0 Å². The summed E-state index contributed by atoms with van der Waals surface area (Å²) in [6.07, 6.45) is 5.67. The molecule has 0 aromatic carbocycles. The lowest BCUT2D eigenvalue weighted by Gasteiger charge is -2.33. The zero-order valence-electron chi connectivity index (χ0n) is 10.1. The highest BCUT2D eigenvalue weighted by atomic mass is 15.1. The van der Waals surface area contributed by atoms with Crippen LogP contribution in [0, 0.1) is 5.92 Å². The van der Waals surface area contributed by atoms with E-state index in [9.17, 15) is 0 Å². The predicted octanol–water partition coefficient (Wildman–Crippen LogP) is 2.11. The van der Waals surface area contributed by atoms with Crippen LogP contribution in [0.3, 0.4) is 0 Å². The van der Waals surface area contributed by atoms with Crippen LogP contribution in [0.25, 0.3) is 0 Å². The molecule has 1 aliphatic carbocycles. The summed E-state index contributed by atoms with van der Waals surface area (Å²) in [5.74, 6) is 0.966. The summed E-state index contributed by atoms with van der Waals surface area (Å²) in [6, 6.07) is 0.852. The maximum absolute atomic E-state index is 3.39. The van der Waals surface area contributed by atoms with Crippen molar-refractivity contribution >= 4 is 0 Å². The molecule has 1 aliphatic rings. The van der Waals surface area contributed by atoms with E-state index in [0.29, 0.717) is 0 Å². The molecule has 0 unspecified atom stereocenters. The first-order chi connectivity index (χ1) is 6.74. The van der Waals surface area contributed by atoms with Crippen molar-refractivity contribution in [3.8, 4) is 0 Å². The van der Waals surface area contributed by atoms with Gasteiger partial charge in [-0.1, -0.05) is 13.8 Å². The number of nitrogens with zero attached hydrogens (tertiary/aromatic N) is 1. The van der Waals surface area contributed by atoms with Crippen molar-refractivity contribution in [2.24, 2.45) is 5.92 Å². The lowest BCUT2D eigenvalue weighted by atomic mass is 9.87. The lowest BCUT2D eigenvalue weighted by molar-refractivity contribution is 0.171. The van der Waals surface area contributed by atoms with Crippen molar-refractivity contribution in [1.82, 2.24) is 10.2 Å². The molecule has 1 N–H and O–H groups in total. The summed E-state index contributed by atoms with van der Waals surface area (Å²) in [4.78, 5) is 2.54. The van der Waals surface area contributed by atoms with Crippen LogP contribution < -0.4 is 5.32 Å². The van der Waals surface area contributed by atoms with Crippen molar-refractivity contribution in [3.05, 3.63) is 0 Å². The third-order valence-corrected chi connectivity index (χ3v) is 3.50. The van der Waals surface area contributed by atoms with Gasteiger partial charge >= 0.3 is 0 Å². The van der Waals surface area contributed by atoms with Crippen LogP contribution in [-0.4, -0.2) is 37.6 Å². The molecule has 1 rings (SSSR count). The molecule has 0 amide bonds. The SMILES string of the molecule is CCNCCN(C)C1CCC(C)CC1. The van der Waals surface area contributed by atoms with E-state index in [1.54, 1.807) is 0 Å². The first-order valence-electron chi connectivity index (χ1n) is 6.15. The van der Waals surface area contributed by atoms with Crippen LogP contribution in [0.15, 0.2) is 0 Å². The highest BCUT2D eigenvalue weighted by molar-refractivity contribution is 4.76. The van der Waals surface area contributed by atoms with Gasteiger partial charge in [0.25, 0.3) is 0 Å². The van der Waals surface area contributed by atoms with Crippen molar-refractivity contribution in [2.45, 2.75) is 45.6 Å². The molecule has 1 saturated carbocycles. The summed E-state index contributed by atoms with van der Waals surface area (Å²) in [5, 5.41) is 3.39. The molecule has 0 aromatic rings. The number of rotatable bonds is 5. The summed E-state index contributed by atoms with van der Waals surface area (Å²) >= 11 is 0. The Bertz CT molecular complexity index is 139. The Kier molecular flexibility index (Phi) is 5.49. The second-order valence-electron chi connectivity index (χ2n) is 4.75. The van der Waals surface area contributed by atoms with Gasteiger partial charge in [0.15, 0.2) is 0 Å². The lowest BCUT2D eigenvalue weighted by Crippen LogP contribution is -2.38. The molecule has 0 radical (unpaired) electrons. The fourth-order valence-corrected chi connectivity index (χ4v) is 2.30. The van der Waals surface area contributed by atoms with E-state index < -0.39 is 0 Å². The average Bonchev–Trinajstić information content (AvgIpc) is 2.19. The van der Waals surface area contributed by atoms with Gasteiger partial charge in [0.05, 0.1) is 0 Å². The van der Waals surface area contributed by atoms with Crippen LogP contribution in [0.4, 0.5) is 0 Å². The first kappa shape index (κ1) is 12.0. The smallest absolute Gasteiger partial charge is 0.0107 e. The van der Waals surface area contributed by atoms with Crippen molar-refractivity contribution in [2.75, 3.05) is 26.7 Å². The highest BCUT2D eigenvalue weighted by Crippen LogP contribution is 2.26. The third kappa shape index (κ3) is 3.97. The number of likely N-dealkylation sites (N-methyl/N-ethyl adjacent to an activating group) is 2. The number of hydrogen-bond acceptors (Lipinski definition) is 2. The van der Waals surface area contributed by atoms with Gasteiger partial charge in [0.2, 0.25) is 0 Å². The second-order valence-corrected chi connectivity index (χ2v) is 4.75. The van der Waals surface area contributed by atoms with Crippen LogP contribution >= 0.6 is 0 Å². The van der Waals surface area contributed by atoms with E-state index in [4.69, 9.17) is 0 Å². The van der Waals surface area contributed by atoms with E-state index in [1.165, 1.54) is 32.2 Å². The molecule has 0 atom stereocenters. The standard InChI is InChI=1S/C12H26N2/c1-4-13-9-10-14(3)12-7-5-11(2)6-8-12/h11-13H,4-10H2,1-3H3. The zero-order chi connectivity index (χ0) is 10.4. The normalized spacial score (nSPS) is 28.3. The average molecular weight is 198 g/mol. The number of nitrogens with one attached hydrogen (secondary N) is 1. The molecule has 2 heteroatoms. The molecule has 1 fully saturated rings. The minimum absolute atomic E-state index is 0.852. The molecule has 2 nitrogen and oxygen atoms in total. The minimum Gasteiger partial charge on any atom is -0.316 e. The van der Waals surface area contributed by atoms with Gasteiger partial charge in [-0.3, -0.25) is 0 Å². The molecule has 0 heterocycles. The van der Waals surface area contributed by atoms with Gasteiger partial charge in [-0.05, 0) is 45.2 Å². The Morgan fingerprint density at radius 3 is 2.43 bits per heavy atom. The van der Waals surface area contributed by atoms with E-state index in [1.807, 2.05) is 0 Å². The molecule has 0 bridgehead atoms. The molecule has 0 spiro atoms. The van der Waals surface area contributed by atoms with Gasteiger partial charge in [-0.15, -0.1) is 0 Å². The zero-order valence-corrected chi connectivity index (χ0v) is 10.1. The van der Waals surface area contributed by atoms with Gasteiger partial charge in [-0.2, -0.15) is 0 Å². The molecule has 14 heavy (non-hydrogen) atoms. The van der Waals surface area contributed by atoms with Gasteiger partial charge in [0, 0.05) is 19.1 Å². The largest absolute Gasteiger partial charge is 0.316 e. The van der Waals surface area contributed by atoms with E-state index in [2.05, 4.69) is 31.1 Å². The molecule has 0 saturated heterocycles. The quantitative estimate of drug-likeness (QED) is 0.681. The summed E-state index contributed by atoms with van der Waals surface area (Å²) in [5.41, 5.74) is 0. The molecular formula is C12H26N2. The Morgan fingerprint density at radius 2 is 1.86 bits per heavy atom. The topological polar surface area (TPSA) is 15.3 Å². The predicted molar refractivity (Wildman–Crippen MR) is 62.6 cm³/mol. The Labute approximate surface area is 89.1 Å². The Morgan fingerprint density at radius 1 is 1.21 bits per heavy atom.